The lowest BCUT2D eigenvalue weighted by Crippen LogP contribution is -1.53. The average molecular weight is 137 g/mol. The molecule has 0 saturated heterocycles. The lowest BCUT2D eigenvalue weighted by atomic mass is 9.88. The van der Waals surface area contributed by atoms with E-state index in [1.165, 1.54) is 0 Å². The van der Waals surface area contributed by atoms with Crippen LogP contribution in [0.3, 0.4) is 0 Å². The van der Waals surface area contributed by atoms with Crippen LogP contribution in [0, 0.1) is 0 Å². The van der Waals surface area contributed by atoms with Crippen molar-refractivity contribution in [3.63, 3.8) is 0 Å². The smallest absolute Gasteiger partial charge is 0.0922 e. The highest BCUT2D eigenvalue weighted by Crippen LogP contribution is 1.36. The van der Waals surface area contributed by atoms with Crippen molar-refractivity contribution in [1.82, 2.24) is 0 Å². The molecule has 0 N–H and O–H groups in total. The largest absolute Gasteiger partial charge is 0.102 e. The van der Waals surface area contributed by atoms with Crippen LogP contribution in [0.4, 0.5) is 0 Å². The van der Waals surface area contributed by atoms with Gasteiger partial charge in [-0.3, -0.25) is 0 Å². The molecule has 65 valence electrons. The minimum Gasteiger partial charge on any atom is -0.0922 e. The first-order chi connectivity index (χ1) is 1.41. The summed E-state index contributed by atoms with van der Waals surface area (Å²) in [5.41, 5.74) is 0. The van der Waals surface area contributed by atoms with Crippen molar-refractivity contribution >= 4 is 7.28 Å². The average Bonchev–Trinajstić information content (AvgIpc) is 0.918. The van der Waals surface area contributed by atoms with E-state index in [1.807, 2.05) is 20.9 Å². The normalized spacial score (nSPS) is 1.56. The summed E-state index contributed by atoms with van der Waals surface area (Å²) in [5.74, 6) is 0. The third kappa shape index (κ3) is 70400. The highest BCUT2D eigenvalue weighted by atomic mass is 12.9. The van der Waals surface area contributed by atoms with Gasteiger partial charge in [-0.15, -0.1) is 0 Å². The van der Waals surface area contributed by atoms with E-state index in [9.17, 15) is 0 Å². The quantitative estimate of drug-likeness (QED) is 0.428. The van der Waals surface area contributed by atoms with Crippen molar-refractivity contribution < 1.29 is 0 Å². The van der Waals surface area contributed by atoms with Gasteiger partial charge in [0.05, 0.1) is 0 Å². The molecule has 0 aliphatic heterocycles. The van der Waals surface area contributed by atoms with Gasteiger partial charge in [-0.2, -0.15) is 0 Å². The third-order valence-corrected chi connectivity index (χ3v) is 0. The highest BCUT2D eigenvalue weighted by Gasteiger charge is 1.42. The molecule has 0 fully saturated rings. The van der Waals surface area contributed by atoms with E-state index in [4.69, 9.17) is 0 Å². The minimum absolute atomic E-state index is 0. The van der Waals surface area contributed by atoms with Crippen LogP contribution in [0.1, 0.15) is 44.6 Å². The first-order valence-electron chi connectivity index (χ1n) is 1.15. The Balaban J connectivity index is -0.00000000133. The molecule has 0 aromatic rings. The molecule has 0 aliphatic carbocycles. The molecule has 0 heterocycles. The Kier molecular flexibility index (Phi) is 5450. The van der Waals surface area contributed by atoms with Gasteiger partial charge in [0.1, 0.15) is 7.28 Å². The van der Waals surface area contributed by atoms with Gasteiger partial charge in [0.2, 0.25) is 0 Å². The second-order valence-electron chi connectivity index (χ2n) is 0.577. The van der Waals surface area contributed by atoms with Gasteiger partial charge in [-0.1, -0.05) is 58.2 Å². The fraction of sp³-hybridized carbons (Fsp3) is 1.00. The van der Waals surface area contributed by atoms with Crippen molar-refractivity contribution in [1.29, 1.82) is 0 Å². The molecule has 0 rings (SSSR count). The van der Waals surface area contributed by atoms with Gasteiger partial charge in [0.25, 0.3) is 0 Å². The molecule has 0 spiro atoms. The zero-order valence-corrected chi connectivity index (χ0v) is 2.58. The predicted molar refractivity (Wildman–Crippen MR) is 57.9 cm³/mol. The van der Waals surface area contributed by atoms with Gasteiger partial charge < -0.3 is 0 Å². The first-order valence-corrected chi connectivity index (χ1v) is 1.15. The second-order valence-corrected chi connectivity index (χ2v) is 0.577. The molecule has 1 heteroatoms. The zero-order chi connectivity index (χ0) is 2.71. The summed E-state index contributed by atoms with van der Waals surface area (Å²) in [6, 6.07) is 0. The molecule has 0 aromatic carbocycles. The fourth-order valence-electron chi connectivity index (χ4n) is 0. The molecule has 0 aromatic heterocycles. The molecule has 0 aliphatic rings. The van der Waals surface area contributed by atoms with Gasteiger partial charge in [0.15, 0.2) is 0 Å². The maximum atomic E-state index is 2.00. The Bertz CT molecular complexity index is 4.53. The SMILES string of the molecule is C.C.C.C.C.C.C[B]C. The Hall–Kier alpha value is 0.0649. The molecule has 0 nitrogen and oxygen atoms in total. The topological polar surface area (TPSA) is 0 Å². The van der Waals surface area contributed by atoms with E-state index in [0.29, 0.717) is 0 Å². The van der Waals surface area contributed by atoms with E-state index in [1.54, 1.807) is 0 Å². The van der Waals surface area contributed by atoms with Crippen molar-refractivity contribution in [2.75, 3.05) is 0 Å². The van der Waals surface area contributed by atoms with Crippen LogP contribution in [-0.4, -0.2) is 7.28 Å². The number of hydrogen-bond acceptors (Lipinski definition) is 0. The van der Waals surface area contributed by atoms with E-state index in [2.05, 4.69) is 0 Å². The van der Waals surface area contributed by atoms with Crippen LogP contribution in [0.25, 0.3) is 0 Å². The fourth-order valence-corrected chi connectivity index (χ4v) is 0. The van der Waals surface area contributed by atoms with Crippen molar-refractivity contribution in [2.24, 2.45) is 0 Å². The summed E-state index contributed by atoms with van der Waals surface area (Å²) in [4.78, 5) is 0. The molecule has 0 saturated carbocycles. The lowest BCUT2D eigenvalue weighted by Gasteiger charge is -1.41. The van der Waals surface area contributed by atoms with Gasteiger partial charge >= 0.3 is 0 Å². The molecule has 0 bridgehead atoms. The predicted octanol–water partition coefficient (Wildman–Crippen LogP) is 4.60. The van der Waals surface area contributed by atoms with E-state index in [-0.39, 0.29) is 44.6 Å². The molecule has 0 unspecified atom stereocenters. The first kappa shape index (κ1) is 138. The maximum absolute atomic E-state index is 2.00. The van der Waals surface area contributed by atoms with Gasteiger partial charge in [-0.05, 0) is 0 Å². The summed E-state index contributed by atoms with van der Waals surface area (Å²) in [6.07, 6.45) is 0. The van der Waals surface area contributed by atoms with Crippen LogP contribution >= 0.6 is 0 Å². The molecule has 0 atom stereocenters. The Morgan fingerprint density at radius 2 is 0.556 bits per heavy atom. The maximum Gasteiger partial charge on any atom is 0.102 e. The highest BCUT2D eigenvalue weighted by molar-refractivity contribution is 6.31. The molecule has 1 radical (unpaired) electrons. The van der Waals surface area contributed by atoms with Crippen molar-refractivity contribution in [3.8, 4) is 0 Å². The molecular formula is C8H30B. The van der Waals surface area contributed by atoms with Crippen molar-refractivity contribution in [2.45, 2.75) is 58.2 Å². The molecule has 9 heavy (non-hydrogen) atoms. The Labute approximate surface area is 66.3 Å². The summed E-state index contributed by atoms with van der Waals surface area (Å²) >= 11 is 0. The Morgan fingerprint density at radius 3 is 0.556 bits per heavy atom. The van der Waals surface area contributed by atoms with Gasteiger partial charge in [0, 0.05) is 0 Å². The summed E-state index contributed by atoms with van der Waals surface area (Å²) < 4.78 is 0. The summed E-state index contributed by atoms with van der Waals surface area (Å²) in [7, 11) is 2.00. The number of hydrogen-bond donors (Lipinski definition) is 0. The van der Waals surface area contributed by atoms with Gasteiger partial charge in [-0.25, -0.2) is 0 Å². The Morgan fingerprint density at radius 1 is 0.556 bits per heavy atom. The van der Waals surface area contributed by atoms with Crippen LogP contribution < -0.4 is 0 Å². The zero-order valence-electron chi connectivity index (χ0n) is 2.58. The molecular weight excluding hydrogens is 107 g/mol. The van der Waals surface area contributed by atoms with E-state index >= 15 is 0 Å². The van der Waals surface area contributed by atoms with E-state index < -0.39 is 0 Å². The summed E-state index contributed by atoms with van der Waals surface area (Å²) in [5, 5.41) is 0. The van der Waals surface area contributed by atoms with Crippen LogP contribution in [-0.2, 0) is 0 Å². The van der Waals surface area contributed by atoms with E-state index in [0.717, 1.165) is 0 Å². The van der Waals surface area contributed by atoms with Crippen LogP contribution in [0.5, 0.6) is 0 Å². The number of rotatable bonds is 0. The standard InChI is InChI=1S/C2H6B.6CH4/c1-3-2;;;;;;/h1-2H3;6*1H4. The minimum atomic E-state index is 0. The third-order valence-electron chi connectivity index (χ3n) is 0. The monoisotopic (exact) mass is 137 g/mol. The van der Waals surface area contributed by atoms with Crippen molar-refractivity contribution in [3.05, 3.63) is 0 Å². The summed E-state index contributed by atoms with van der Waals surface area (Å²) in [6.45, 7) is 4.00. The van der Waals surface area contributed by atoms with Crippen LogP contribution in [0.15, 0.2) is 0 Å². The molecule has 0 amide bonds. The second kappa shape index (κ2) is 355. The lowest BCUT2D eigenvalue weighted by molar-refractivity contribution is 2.14. The van der Waals surface area contributed by atoms with Crippen LogP contribution in [0.2, 0.25) is 13.6 Å².